The summed E-state index contributed by atoms with van der Waals surface area (Å²) in [5.41, 5.74) is 2.59. The number of likely N-dealkylation sites (tertiary alicyclic amines) is 1. The molecule has 152 valence electrons. The first-order chi connectivity index (χ1) is 13.3. The van der Waals surface area contributed by atoms with Crippen LogP contribution in [0.3, 0.4) is 0 Å². The molecule has 1 N–H and O–H groups in total. The number of hydrogen-bond acceptors (Lipinski definition) is 2. The predicted octanol–water partition coefficient (Wildman–Crippen LogP) is 3.87. The number of piperidine rings is 1. The van der Waals surface area contributed by atoms with Crippen molar-refractivity contribution in [2.45, 2.75) is 51.6 Å². The van der Waals surface area contributed by atoms with Crippen molar-refractivity contribution >= 4 is 29.9 Å². The number of fused-ring (bicyclic) bond motifs is 1. The van der Waals surface area contributed by atoms with E-state index in [1.54, 1.807) is 0 Å². The Hall–Kier alpha value is -1.57. The van der Waals surface area contributed by atoms with Crippen LogP contribution in [-0.2, 0) is 25.9 Å². The summed E-state index contributed by atoms with van der Waals surface area (Å²) in [5, 5.41) is 3.53. The van der Waals surface area contributed by atoms with Crippen LogP contribution in [0.1, 0.15) is 42.8 Å². The normalized spacial score (nSPS) is 17.8. The van der Waals surface area contributed by atoms with Crippen LogP contribution in [0, 0.1) is 5.92 Å². The molecule has 1 aromatic heterocycles. The summed E-state index contributed by atoms with van der Waals surface area (Å²) < 4.78 is 2.32. The third kappa shape index (κ3) is 5.27. The van der Waals surface area contributed by atoms with Gasteiger partial charge in [0.25, 0.3) is 0 Å². The van der Waals surface area contributed by atoms with Crippen LogP contribution in [0.5, 0.6) is 0 Å². The number of benzene rings is 1. The van der Waals surface area contributed by atoms with Crippen LogP contribution in [0.25, 0.3) is 0 Å². The van der Waals surface area contributed by atoms with E-state index >= 15 is 0 Å². The first-order valence-corrected chi connectivity index (χ1v) is 10.4. The van der Waals surface area contributed by atoms with Crippen molar-refractivity contribution in [1.29, 1.82) is 0 Å². The van der Waals surface area contributed by atoms with Gasteiger partial charge in [0, 0.05) is 39.3 Å². The number of aromatic nitrogens is 2. The summed E-state index contributed by atoms with van der Waals surface area (Å²) >= 11 is 0. The summed E-state index contributed by atoms with van der Waals surface area (Å²) in [7, 11) is 1.89. The number of hydrogen-bond donors (Lipinski definition) is 1. The lowest BCUT2D eigenvalue weighted by atomic mass is 9.90. The van der Waals surface area contributed by atoms with Gasteiger partial charge >= 0.3 is 0 Å². The van der Waals surface area contributed by atoms with Gasteiger partial charge < -0.3 is 14.8 Å². The molecule has 0 amide bonds. The molecule has 0 atom stereocenters. The predicted molar refractivity (Wildman–Crippen MR) is 125 cm³/mol. The summed E-state index contributed by atoms with van der Waals surface area (Å²) in [4.78, 5) is 11.7. The number of nitrogens with one attached hydrogen (secondary N) is 1. The van der Waals surface area contributed by atoms with E-state index in [0.29, 0.717) is 0 Å². The van der Waals surface area contributed by atoms with Crippen LogP contribution < -0.4 is 5.32 Å². The first kappa shape index (κ1) is 21.1. The van der Waals surface area contributed by atoms with E-state index in [0.717, 1.165) is 50.2 Å². The lowest BCUT2D eigenvalue weighted by molar-refractivity contribution is 0.259. The molecule has 0 saturated carbocycles. The van der Waals surface area contributed by atoms with Gasteiger partial charge in [-0.05, 0) is 43.6 Å². The maximum Gasteiger partial charge on any atom is 0.193 e. The van der Waals surface area contributed by atoms with Crippen LogP contribution >= 0.6 is 24.0 Å². The number of aryl methyl sites for hydroxylation is 2. The quantitative estimate of drug-likeness (QED) is 0.400. The molecule has 0 aliphatic carbocycles. The van der Waals surface area contributed by atoms with Crippen LogP contribution in [0.4, 0.5) is 0 Å². The van der Waals surface area contributed by atoms with Crippen molar-refractivity contribution in [3.05, 3.63) is 53.6 Å². The second kappa shape index (κ2) is 10.3. The Balaban J connectivity index is 0.00000225. The SMILES string of the molecule is CN=C(NCc1cn2c(n1)CCCC2)N1CCC(Cc2ccccc2)CC1.I. The minimum atomic E-state index is 0. The Morgan fingerprint density at radius 2 is 1.93 bits per heavy atom. The van der Waals surface area contributed by atoms with Gasteiger partial charge in [-0.2, -0.15) is 0 Å². The molecule has 0 spiro atoms. The Labute approximate surface area is 185 Å². The van der Waals surface area contributed by atoms with Crippen LogP contribution in [-0.4, -0.2) is 40.5 Å². The average molecular weight is 493 g/mol. The van der Waals surface area contributed by atoms with Gasteiger partial charge in [0.05, 0.1) is 12.2 Å². The van der Waals surface area contributed by atoms with Gasteiger partial charge in [0.2, 0.25) is 0 Å². The highest BCUT2D eigenvalue weighted by molar-refractivity contribution is 14.0. The molecule has 5 nitrogen and oxygen atoms in total. The second-order valence-corrected chi connectivity index (χ2v) is 7.82. The van der Waals surface area contributed by atoms with Crippen molar-refractivity contribution in [3.8, 4) is 0 Å². The number of aliphatic imine (C=N–C) groups is 1. The second-order valence-electron chi connectivity index (χ2n) is 7.82. The molecule has 2 aromatic rings. The van der Waals surface area contributed by atoms with Gasteiger partial charge in [0.15, 0.2) is 5.96 Å². The van der Waals surface area contributed by atoms with Crippen molar-refractivity contribution in [2.75, 3.05) is 20.1 Å². The third-order valence-electron chi connectivity index (χ3n) is 5.88. The van der Waals surface area contributed by atoms with E-state index in [9.17, 15) is 0 Å². The highest BCUT2D eigenvalue weighted by Crippen LogP contribution is 2.22. The fraction of sp³-hybridized carbons (Fsp3) is 0.545. The molecule has 4 rings (SSSR count). The summed E-state index contributed by atoms with van der Waals surface area (Å²) in [6, 6.07) is 10.9. The highest BCUT2D eigenvalue weighted by Gasteiger charge is 2.22. The van der Waals surface area contributed by atoms with Crippen LogP contribution in [0.2, 0.25) is 0 Å². The van der Waals surface area contributed by atoms with Gasteiger partial charge in [-0.3, -0.25) is 4.99 Å². The van der Waals surface area contributed by atoms with Gasteiger partial charge in [0.1, 0.15) is 5.82 Å². The molecule has 28 heavy (non-hydrogen) atoms. The minimum Gasteiger partial charge on any atom is -0.351 e. The van der Waals surface area contributed by atoms with E-state index in [2.05, 4.69) is 56.3 Å². The summed E-state index contributed by atoms with van der Waals surface area (Å²) in [6.45, 7) is 4.04. The topological polar surface area (TPSA) is 45.5 Å². The van der Waals surface area contributed by atoms with E-state index in [1.165, 1.54) is 43.5 Å². The van der Waals surface area contributed by atoms with Crippen molar-refractivity contribution in [1.82, 2.24) is 19.8 Å². The van der Waals surface area contributed by atoms with Crippen molar-refractivity contribution in [3.63, 3.8) is 0 Å². The largest absolute Gasteiger partial charge is 0.351 e. The van der Waals surface area contributed by atoms with E-state index in [-0.39, 0.29) is 24.0 Å². The molecule has 0 bridgehead atoms. The van der Waals surface area contributed by atoms with Crippen LogP contribution in [0.15, 0.2) is 41.5 Å². The molecule has 0 radical (unpaired) electrons. The average Bonchev–Trinajstić information content (AvgIpc) is 3.13. The fourth-order valence-corrected chi connectivity index (χ4v) is 4.36. The molecule has 1 aromatic carbocycles. The molecule has 2 aliphatic rings. The first-order valence-electron chi connectivity index (χ1n) is 10.4. The molecule has 1 saturated heterocycles. The number of guanidine groups is 1. The summed E-state index contributed by atoms with van der Waals surface area (Å²) in [5.74, 6) is 3.04. The van der Waals surface area contributed by atoms with Gasteiger partial charge in [-0.1, -0.05) is 30.3 Å². The molecular weight excluding hydrogens is 461 g/mol. The number of imidazole rings is 1. The minimum absolute atomic E-state index is 0. The maximum absolute atomic E-state index is 4.79. The molecule has 1 fully saturated rings. The maximum atomic E-state index is 4.79. The Kier molecular flexibility index (Phi) is 7.76. The monoisotopic (exact) mass is 493 g/mol. The smallest absolute Gasteiger partial charge is 0.193 e. The Morgan fingerprint density at radius 3 is 2.64 bits per heavy atom. The van der Waals surface area contributed by atoms with E-state index in [1.807, 2.05) is 7.05 Å². The number of rotatable bonds is 4. The lowest BCUT2D eigenvalue weighted by Gasteiger charge is -2.34. The zero-order valence-electron chi connectivity index (χ0n) is 16.8. The molecular formula is C22H32IN5. The lowest BCUT2D eigenvalue weighted by Crippen LogP contribution is -2.45. The molecule has 3 heterocycles. The third-order valence-corrected chi connectivity index (χ3v) is 5.88. The zero-order valence-corrected chi connectivity index (χ0v) is 19.1. The van der Waals surface area contributed by atoms with Crippen molar-refractivity contribution in [2.24, 2.45) is 10.9 Å². The Bertz CT molecular complexity index is 739. The van der Waals surface area contributed by atoms with E-state index < -0.39 is 0 Å². The molecule has 6 heteroatoms. The summed E-state index contributed by atoms with van der Waals surface area (Å²) in [6.07, 6.45) is 9.52. The van der Waals surface area contributed by atoms with Crippen molar-refractivity contribution < 1.29 is 0 Å². The van der Waals surface area contributed by atoms with E-state index in [4.69, 9.17) is 4.98 Å². The number of nitrogens with zero attached hydrogens (tertiary/aromatic N) is 4. The molecule has 0 unspecified atom stereocenters. The standard InChI is InChI=1S/C22H31N5.HI/c1-23-22(24-16-20-17-27-12-6-5-9-21(27)25-20)26-13-10-19(11-14-26)15-18-7-3-2-4-8-18;/h2-4,7-8,17,19H,5-6,9-16H2,1H3,(H,23,24);1H. The Morgan fingerprint density at radius 1 is 1.14 bits per heavy atom. The van der Waals surface area contributed by atoms with Gasteiger partial charge in [-0.15, -0.1) is 24.0 Å². The fourth-order valence-electron chi connectivity index (χ4n) is 4.36. The number of halogens is 1. The van der Waals surface area contributed by atoms with Gasteiger partial charge in [-0.25, -0.2) is 4.98 Å². The zero-order chi connectivity index (χ0) is 18.5. The molecule has 2 aliphatic heterocycles. The highest BCUT2D eigenvalue weighted by atomic mass is 127.